The molecule has 1 aliphatic heterocycles. The van der Waals surface area contributed by atoms with Gasteiger partial charge in [-0.15, -0.1) is 0 Å². The molecule has 0 aliphatic carbocycles. The Bertz CT molecular complexity index is 1150. The van der Waals surface area contributed by atoms with E-state index in [1.54, 1.807) is 6.07 Å². The molecule has 1 aliphatic rings. The summed E-state index contributed by atoms with van der Waals surface area (Å²) in [6, 6.07) is 20.0. The molecule has 4 rings (SSSR count). The van der Waals surface area contributed by atoms with E-state index in [0.717, 1.165) is 5.56 Å². The van der Waals surface area contributed by atoms with Gasteiger partial charge in [0.25, 0.3) is 0 Å². The molecule has 0 aromatic heterocycles. The molecule has 1 fully saturated rings. The Kier molecular flexibility index (Phi) is 6.30. The Morgan fingerprint density at radius 3 is 2.12 bits per heavy atom. The quantitative estimate of drug-likeness (QED) is 0.467. The van der Waals surface area contributed by atoms with Crippen molar-refractivity contribution in [3.8, 4) is 5.75 Å². The van der Waals surface area contributed by atoms with Gasteiger partial charge in [-0.25, -0.2) is 4.79 Å². The summed E-state index contributed by atoms with van der Waals surface area (Å²) in [4.78, 5) is 25.3. The number of carbonyl (C=O) groups is 2. The molecular formula is C25H21F3N2O4. The van der Waals surface area contributed by atoms with Crippen molar-refractivity contribution >= 4 is 11.8 Å². The summed E-state index contributed by atoms with van der Waals surface area (Å²) < 4.78 is 47.6. The maximum absolute atomic E-state index is 14.0. The van der Waals surface area contributed by atoms with E-state index in [-0.39, 0.29) is 17.7 Å². The Morgan fingerprint density at radius 1 is 0.941 bits per heavy atom. The van der Waals surface area contributed by atoms with Gasteiger partial charge in [0.2, 0.25) is 5.72 Å². The van der Waals surface area contributed by atoms with Gasteiger partial charge in [-0.2, -0.15) is 13.2 Å². The molecule has 3 N–H and O–H groups in total. The standard InChI is InChI=1S/C25H21F3N2O4/c26-25(27,28)24(33)20(22(31)18-9-5-2-6-10-18)21(29-23(32)30-24)17-11-13-19(14-12-17)34-15-16-7-3-1-4-8-16/h1-14,20-21,33H,15H2,(H2,29,30,32)/t20-,21+,24+/m1/s1. The van der Waals surface area contributed by atoms with Crippen LogP contribution in [0.3, 0.4) is 0 Å². The molecular weight excluding hydrogens is 449 g/mol. The maximum Gasteiger partial charge on any atom is 0.437 e. The molecule has 9 heteroatoms. The van der Waals surface area contributed by atoms with Crippen molar-refractivity contribution in [1.29, 1.82) is 0 Å². The zero-order valence-electron chi connectivity index (χ0n) is 17.8. The van der Waals surface area contributed by atoms with Crippen LogP contribution < -0.4 is 15.4 Å². The van der Waals surface area contributed by atoms with Crippen LogP contribution in [0, 0.1) is 5.92 Å². The van der Waals surface area contributed by atoms with Gasteiger partial charge in [-0.3, -0.25) is 4.79 Å². The van der Waals surface area contributed by atoms with Crippen LogP contribution in [0.1, 0.15) is 27.5 Å². The molecule has 0 saturated carbocycles. The Labute approximate surface area is 193 Å². The second-order valence-electron chi connectivity index (χ2n) is 7.89. The van der Waals surface area contributed by atoms with E-state index in [1.807, 2.05) is 30.3 Å². The summed E-state index contributed by atoms with van der Waals surface area (Å²) in [5, 5.41) is 14.5. The Balaban J connectivity index is 1.66. The number of hydrogen-bond acceptors (Lipinski definition) is 4. The molecule has 6 nitrogen and oxygen atoms in total. The van der Waals surface area contributed by atoms with Crippen LogP contribution in [0.25, 0.3) is 0 Å². The van der Waals surface area contributed by atoms with Gasteiger partial charge in [0.15, 0.2) is 5.78 Å². The van der Waals surface area contributed by atoms with Crippen molar-refractivity contribution in [2.45, 2.75) is 24.6 Å². The van der Waals surface area contributed by atoms with Crippen molar-refractivity contribution in [2.24, 2.45) is 5.92 Å². The SMILES string of the molecule is O=C1N[C@@H](c2ccc(OCc3ccccc3)cc2)[C@H](C(=O)c2ccccc2)[C@](O)(C(F)(F)F)N1. The molecule has 0 unspecified atom stereocenters. The molecule has 34 heavy (non-hydrogen) atoms. The predicted octanol–water partition coefficient (Wildman–Crippen LogP) is 4.37. The average molecular weight is 470 g/mol. The van der Waals surface area contributed by atoms with E-state index < -0.39 is 35.7 Å². The second kappa shape index (κ2) is 9.18. The second-order valence-corrected chi connectivity index (χ2v) is 7.89. The molecule has 2 amide bonds. The molecule has 1 saturated heterocycles. The minimum absolute atomic E-state index is 0.0269. The van der Waals surface area contributed by atoms with Crippen LogP contribution in [0.15, 0.2) is 84.9 Å². The number of alkyl halides is 3. The number of ketones is 1. The molecule has 3 aromatic rings. The van der Waals surface area contributed by atoms with Gasteiger partial charge in [0, 0.05) is 5.56 Å². The fraction of sp³-hybridized carbons (Fsp3) is 0.200. The highest BCUT2D eigenvalue weighted by atomic mass is 19.4. The minimum Gasteiger partial charge on any atom is -0.489 e. The van der Waals surface area contributed by atoms with E-state index in [0.29, 0.717) is 5.75 Å². The maximum atomic E-state index is 14.0. The van der Waals surface area contributed by atoms with E-state index in [4.69, 9.17) is 4.74 Å². The summed E-state index contributed by atoms with van der Waals surface area (Å²) in [5.74, 6) is -2.60. The molecule has 1 heterocycles. The number of rotatable bonds is 6. The highest BCUT2D eigenvalue weighted by molar-refractivity contribution is 6.00. The largest absolute Gasteiger partial charge is 0.489 e. The monoisotopic (exact) mass is 470 g/mol. The molecule has 3 atom stereocenters. The van der Waals surface area contributed by atoms with Crippen LogP contribution >= 0.6 is 0 Å². The molecule has 176 valence electrons. The number of halogens is 3. The summed E-state index contributed by atoms with van der Waals surface area (Å²) in [6.45, 7) is 0.285. The third-order valence-electron chi connectivity index (χ3n) is 5.63. The van der Waals surface area contributed by atoms with Crippen LogP contribution in [0.4, 0.5) is 18.0 Å². The number of nitrogens with one attached hydrogen (secondary N) is 2. The third kappa shape index (κ3) is 4.60. The normalized spacial score (nSPS) is 22.4. The van der Waals surface area contributed by atoms with E-state index in [1.165, 1.54) is 53.8 Å². The number of aliphatic hydroxyl groups is 1. The number of Topliss-reactive ketones (excluding diaryl/α,β-unsaturated/α-hetero) is 1. The van der Waals surface area contributed by atoms with Crippen LogP contribution in [0.2, 0.25) is 0 Å². The lowest BCUT2D eigenvalue weighted by Gasteiger charge is -2.45. The van der Waals surface area contributed by atoms with Crippen LogP contribution in [0.5, 0.6) is 5.75 Å². The summed E-state index contributed by atoms with van der Waals surface area (Å²) in [7, 11) is 0. The highest BCUT2D eigenvalue weighted by Crippen LogP contribution is 2.44. The lowest BCUT2D eigenvalue weighted by molar-refractivity contribution is -0.287. The lowest BCUT2D eigenvalue weighted by atomic mass is 9.77. The summed E-state index contributed by atoms with van der Waals surface area (Å²) >= 11 is 0. The fourth-order valence-corrected chi connectivity index (χ4v) is 3.91. The van der Waals surface area contributed by atoms with Crippen molar-refractivity contribution in [3.63, 3.8) is 0 Å². The first kappa shape index (κ1) is 23.3. The Morgan fingerprint density at radius 2 is 1.53 bits per heavy atom. The van der Waals surface area contributed by atoms with E-state index >= 15 is 0 Å². The van der Waals surface area contributed by atoms with Gasteiger partial charge in [0.05, 0.1) is 6.04 Å². The Hall–Kier alpha value is -3.85. The van der Waals surface area contributed by atoms with Crippen molar-refractivity contribution in [2.75, 3.05) is 0 Å². The topological polar surface area (TPSA) is 87.7 Å². The van der Waals surface area contributed by atoms with Gasteiger partial charge >= 0.3 is 12.2 Å². The summed E-state index contributed by atoms with van der Waals surface area (Å²) in [6.07, 6.45) is -5.31. The lowest BCUT2D eigenvalue weighted by Crippen LogP contribution is -2.72. The first-order valence-corrected chi connectivity index (χ1v) is 10.4. The molecule has 0 bridgehead atoms. The highest BCUT2D eigenvalue weighted by Gasteiger charge is 2.66. The van der Waals surface area contributed by atoms with Crippen LogP contribution in [-0.4, -0.2) is 28.8 Å². The van der Waals surface area contributed by atoms with Crippen LogP contribution in [-0.2, 0) is 6.61 Å². The average Bonchev–Trinajstić information content (AvgIpc) is 2.83. The summed E-state index contributed by atoms with van der Waals surface area (Å²) in [5.41, 5.74) is -2.66. The van der Waals surface area contributed by atoms with E-state index in [9.17, 15) is 27.9 Å². The smallest absolute Gasteiger partial charge is 0.437 e. The van der Waals surface area contributed by atoms with E-state index in [2.05, 4.69) is 5.32 Å². The number of hydrogen-bond donors (Lipinski definition) is 3. The zero-order valence-corrected chi connectivity index (χ0v) is 17.8. The van der Waals surface area contributed by atoms with Gasteiger partial charge < -0.3 is 20.5 Å². The molecule has 0 radical (unpaired) electrons. The third-order valence-corrected chi connectivity index (χ3v) is 5.63. The predicted molar refractivity (Wildman–Crippen MR) is 117 cm³/mol. The van der Waals surface area contributed by atoms with Gasteiger partial charge in [0.1, 0.15) is 18.3 Å². The fourth-order valence-electron chi connectivity index (χ4n) is 3.91. The van der Waals surface area contributed by atoms with Crippen molar-refractivity contribution in [3.05, 3.63) is 102 Å². The van der Waals surface area contributed by atoms with Gasteiger partial charge in [-0.1, -0.05) is 72.8 Å². The number of amides is 2. The number of carbonyl (C=O) groups excluding carboxylic acids is 2. The number of benzene rings is 3. The van der Waals surface area contributed by atoms with Crippen molar-refractivity contribution in [1.82, 2.24) is 10.6 Å². The first-order chi connectivity index (χ1) is 16.2. The zero-order chi connectivity index (χ0) is 24.3. The number of urea groups is 1. The first-order valence-electron chi connectivity index (χ1n) is 10.4. The molecule has 3 aromatic carbocycles. The molecule has 0 spiro atoms. The van der Waals surface area contributed by atoms with Gasteiger partial charge in [-0.05, 0) is 23.3 Å². The number of ether oxygens (including phenoxy) is 1. The van der Waals surface area contributed by atoms with Crippen molar-refractivity contribution < 1.29 is 32.6 Å². The minimum atomic E-state index is -5.31.